The zero-order chi connectivity index (χ0) is 12.0. The molecule has 0 aliphatic carbocycles. The van der Waals surface area contributed by atoms with Gasteiger partial charge in [0.1, 0.15) is 5.75 Å². The van der Waals surface area contributed by atoms with Crippen molar-refractivity contribution in [2.24, 2.45) is 0 Å². The minimum Gasteiger partial charge on any atom is -0.508 e. The highest BCUT2D eigenvalue weighted by molar-refractivity contribution is 7.98. The molecule has 3 N–H and O–H groups in total. The molecular weight excluding hydrogens is 226 g/mol. The molecule has 0 aliphatic rings. The van der Waals surface area contributed by atoms with Crippen LogP contribution >= 0.6 is 11.8 Å². The lowest BCUT2D eigenvalue weighted by molar-refractivity contribution is -0.140. The van der Waals surface area contributed by atoms with E-state index in [4.69, 9.17) is 5.73 Å². The molecule has 1 aromatic rings. The Balaban J connectivity index is 2.37. The predicted octanol–water partition coefficient (Wildman–Crippen LogP) is 1.77. The van der Waals surface area contributed by atoms with Crippen molar-refractivity contribution in [2.75, 3.05) is 18.6 Å². The summed E-state index contributed by atoms with van der Waals surface area (Å²) >= 11 is 1.56. The van der Waals surface area contributed by atoms with Crippen LogP contribution in [0.15, 0.2) is 18.2 Å². The van der Waals surface area contributed by atoms with Crippen LogP contribution < -0.4 is 5.73 Å². The van der Waals surface area contributed by atoms with Crippen molar-refractivity contribution in [1.29, 1.82) is 0 Å². The maximum Gasteiger partial charge on any atom is 0.306 e. The molecule has 4 nitrogen and oxygen atoms in total. The molecule has 1 rings (SSSR count). The number of carbonyl (C=O) groups excluding carboxylic acids is 1. The van der Waals surface area contributed by atoms with Crippen LogP contribution in [-0.2, 0) is 15.3 Å². The monoisotopic (exact) mass is 241 g/mol. The van der Waals surface area contributed by atoms with Gasteiger partial charge < -0.3 is 15.6 Å². The summed E-state index contributed by atoms with van der Waals surface area (Å²) in [6.07, 6.45) is 0.379. The number of ether oxygens (including phenoxy) is 1. The first kappa shape index (κ1) is 12.7. The Morgan fingerprint density at radius 3 is 3.00 bits per heavy atom. The Labute approximate surface area is 98.8 Å². The fourth-order valence-electron chi connectivity index (χ4n) is 1.16. The molecule has 1 aromatic carbocycles. The Bertz CT molecular complexity index is 368. The first-order valence-electron chi connectivity index (χ1n) is 4.85. The van der Waals surface area contributed by atoms with Crippen LogP contribution in [0.2, 0.25) is 0 Å². The average molecular weight is 241 g/mol. The number of nitrogens with two attached hydrogens (primary N) is 1. The van der Waals surface area contributed by atoms with Gasteiger partial charge in [-0.2, -0.15) is 11.8 Å². The minimum atomic E-state index is -0.218. The zero-order valence-electron chi connectivity index (χ0n) is 9.10. The van der Waals surface area contributed by atoms with Crippen molar-refractivity contribution in [1.82, 2.24) is 0 Å². The Morgan fingerprint density at radius 2 is 2.31 bits per heavy atom. The first-order valence-corrected chi connectivity index (χ1v) is 6.01. The summed E-state index contributed by atoms with van der Waals surface area (Å²) in [5.74, 6) is 1.32. The van der Waals surface area contributed by atoms with Crippen LogP contribution in [0.5, 0.6) is 5.75 Å². The van der Waals surface area contributed by atoms with Gasteiger partial charge in [-0.15, -0.1) is 0 Å². The van der Waals surface area contributed by atoms with E-state index in [1.807, 2.05) is 0 Å². The molecule has 0 unspecified atom stereocenters. The van der Waals surface area contributed by atoms with E-state index >= 15 is 0 Å². The number of hydrogen-bond acceptors (Lipinski definition) is 5. The quantitative estimate of drug-likeness (QED) is 0.356. The van der Waals surface area contributed by atoms with E-state index in [-0.39, 0.29) is 11.7 Å². The number of phenols is 1. The standard InChI is InChI=1S/C11H15NO3S/c1-15-11(14)4-5-16-7-8-6-9(12)2-3-10(8)13/h2-3,6,13H,4-5,7,12H2,1H3. The number of thioether (sulfide) groups is 1. The molecule has 0 bridgehead atoms. The SMILES string of the molecule is COC(=O)CCSCc1cc(N)ccc1O. The van der Waals surface area contributed by atoms with Gasteiger partial charge in [0.05, 0.1) is 13.5 Å². The number of phenolic OH excluding ortho intramolecular Hbond substituents is 1. The van der Waals surface area contributed by atoms with Crippen molar-refractivity contribution in [3.05, 3.63) is 23.8 Å². The van der Waals surface area contributed by atoms with Crippen molar-refractivity contribution in [3.63, 3.8) is 0 Å². The lowest BCUT2D eigenvalue weighted by atomic mass is 10.2. The van der Waals surface area contributed by atoms with Crippen LogP contribution in [0, 0.1) is 0 Å². The highest BCUT2D eigenvalue weighted by atomic mass is 32.2. The van der Waals surface area contributed by atoms with Crippen LogP contribution in [0.3, 0.4) is 0 Å². The third-order valence-electron chi connectivity index (χ3n) is 2.04. The second kappa shape index (κ2) is 6.27. The highest BCUT2D eigenvalue weighted by Crippen LogP contribution is 2.24. The van der Waals surface area contributed by atoms with Gasteiger partial charge in [0, 0.05) is 22.8 Å². The Hall–Kier alpha value is -1.36. The molecular formula is C11H15NO3S. The number of benzene rings is 1. The Morgan fingerprint density at radius 1 is 1.56 bits per heavy atom. The average Bonchev–Trinajstić information content (AvgIpc) is 2.28. The van der Waals surface area contributed by atoms with Gasteiger partial charge in [-0.3, -0.25) is 4.79 Å². The summed E-state index contributed by atoms with van der Waals surface area (Å²) in [6, 6.07) is 4.96. The predicted molar refractivity (Wildman–Crippen MR) is 65.3 cm³/mol. The van der Waals surface area contributed by atoms with E-state index in [9.17, 15) is 9.90 Å². The van der Waals surface area contributed by atoms with Crippen LogP contribution in [0.4, 0.5) is 5.69 Å². The number of aromatic hydroxyl groups is 1. The van der Waals surface area contributed by atoms with Gasteiger partial charge in [0.25, 0.3) is 0 Å². The number of carbonyl (C=O) groups is 1. The van der Waals surface area contributed by atoms with Crippen molar-refractivity contribution in [3.8, 4) is 5.75 Å². The van der Waals surface area contributed by atoms with Gasteiger partial charge >= 0.3 is 5.97 Å². The molecule has 0 saturated carbocycles. The fourth-order valence-corrected chi connectivity index (χ4v) is 2.07. The van der Waals surface area contributed by atoms with Crippen molar-refractivity contribution >= 4 is 23.4 Å². The second-order valence-electron chi connectivity index (χ2n) is 3.27. The van der Waals surface area contributed by atoms with Crippen LogP contribution in [-0.4, -0.2) is 23.9 Å². The number of esters is 1. The third kappa shape index (κ3) is 4.02. The van der Waals surface area contributed by atoms with Gasteiger partial charge in [0.2, 0.25) is 0 Å². The molecule has 5 heteroatoms. The summed E-state index contributed by atoms with van der Waals surface area (Å²) in [5.41, 5.74) is 7.02. The maximum absolute atomic E-state index is 10.8. The fraction of sp³-hybridized carbons (Fsp3) is 0.364. The smallest absolute Gasteiger partial charge is 0.306 e. The summed E-state index contributed by atoms with van der Waals surface area (Å²) < 4.78 is 4.52. The summed E-state index contributed by atoms with van der Waals surface area (Å²) in [4.78, 5) is 10.8. The normalized spacial score (nSPS) is 10.1. The summed E-state index contributed by atoms with van der Waals surface area (Å²) in [6.45, 7) is 0. The zero-order valence-corrected chi connectivity index (χ0v) is 9.92. The minimum absolute atomic E-state index is 0.218. The largest absolute Gasteiger partial charge is 0.508 e. The van der Waals surface area contributed by atoms with E-state index in [1.54, 1.807) is 30.0 Å². The van der Waals surface area contributed by atoms with Gasteiger partial charge in [-0.05, 0) is 18.2 Å². The van der Waals surface area contributed by atoms with E-state index in [2.05, 4.69) is 4.74 Å². The molecule has 0 spiro atoms. The van der Waals surface area contributed by atoms with E-state index in [0.717, 1.165) is 5.56 Å². The molecule has 0 heterocycles. The molecule has 0 radical (unpaired) electrons. The molecule has 0 fully saturated rings. The maximum atomic E-state index is 10.8. The molecule has 88 valence electrons. The summed E-state index contributed by atoms with van der Waals surface area (Å²) in [7, 11) is 1.37. The van der Waals surface area contributed by atoms with Crippen molar-refractivity contribution in [2.45, 2.75) is 12.2 Å². The molecule has 0 amide bonds. The summed E-state index contributed by atoms with van der Waals surface area (Å²) in [5, 5.41) is 9.53. The number of anilines is 1. The van der Waals surface area contributed by atoms with Gasteiger partial charge in [-0.1, -0.05) is 0 Å². The van der Waals surface area contributed by atoms with E-state index < -0.39 is 0 Å². The van der Waals surface area contributed by atoms with E-state index in [0.29, 0.717) is 23.6 Å². The molecule has 16 heavy (non-hydrogen) atoms. The van der Waals surface area contributed by atoms with Crippen LogP contribution in [0.1, 0.15) is 12.0 Å². The molecule has 0 aromatic heterocycles. The van der Waals surface area contributed by atoms with Crippen LogP contribution in [0.25, 0.3) is 0 Å². The Kier molecular flexibility index (Phi) is 4.98. The second-order valence-corrected chi connectivity index (χ2v) is 4.37. The number of rotatable bonds is 5. The molecule has 0 saturated heterocycles. The topological polar surface area (TPSA) is 72.5 Å². The van der Waals surface area contributed by atoms with Crippen molar-refractivity contribution < 1.29 is 14.6 Å². The number of nitrogen functional groups attached to an aromatic ring is 1. The number of hydrogen-bond donors (Lipinski definition) is 2. The molecule has 0 atom stereocenters. The van der Waals surface area contributed by atoms with Gasteiger partial charge in [0.15, 0.2) is 0 Å². The third-order valence-corrected chi connectivity index (χ3v) is 3.05. The van der Waals surface area contributed by atoms with Gasteiger partial charge in [-0.25, -0.2) is 0 Å². The lowest BCUT2D eigenvalue weighted by Gasteiger charge is -2.05. The molecule has 0 aliphatic heterocycles. The number of methoxy groups -OCH3 is 1. The van der Waals surface area contributed by atoms with E-state index in [1.165, 1.54) is 7.11 Å². The highest BCUT2D eigenvalue weighted by Gasteiger charge is 2.03. The lowest BCUT2D eigenvalue weighted by Crippen LogP contribution is -2.01. The first-order chi connectivity index (χ1) is 7.63.